The Morgan fingerprint density at radius 3 is 2.69 bits per heavy atom. The predicted molar refractivity (Wildman–Crippen MR) is 69.4 cm³/mol. The molecule has 0 aromatic heterocycles. The molecule has 16 heavy (non-hydrogen) atoms. The topological polar surface area (TPSA) is 6.48 Å². The van der Waals surface area contributed by atoms with Gasteiger partial charge in [0.25, 0.3) is 0 Å². The summed E-state index contributed by atoms with van der Waals surface area (Å²) in [5, 5.41) is 0. The van der Waals surface area contributed by atoms with Gasteiger partial charge in [0.1, 0.15) is 0 Å². The van der Waals surface area contributed by atoms with Gasteiger partial charge in [0.15, 0.2) is 0 Å². The second-order valence-electron chi connectivity index (χ2n) is 5.86. The summed E-state index contributed by atoms with van der Waals surface area (Å²) < 4.78 is 0. The number of piperidine rings is 2. The molecule has 2 saturated heterocycles. The van der Waals surface area contributed by atoms with E-state index in [4.69, 9.17) is 0 Å². The maximum Gasteiger partial charge on any atom is 0.0170 e. The molecule has 2 atom stereocenters. The van der Waals surface area contributed by atoms with Crippen molar-refractivity contribution < 1.29 is 0 Å². The Bertz CT molecular complexity index is 215. The van der Waals surface area contributed by atoms with E-state index in [1.807, 2.05) is 0 Å². The quantitative estimate of drug-likeness (QED) is 0.709. The van der Waals surface area contributed by atoms with Gasteiger partial charge in [0, 0.05) is 18.6 Å². The maximum atomic E-state index is 2.72. The highest BCUT2D eigenvalue weighted by Crippen LogP contribution is 2.29. The molecule has 2 fully saturated rings. The van der Waals surface area contributed by atoms with Crippen molar-refractivity contribution in [3.63, 3.8) is 0 Å². The lowest BCUT2D eigenvalue weighted by molar-refractivity contribution is 0.0671. The molecule has 0 bridgehead atoms. The van der Waals surface area contributed by atoms with Crippen LogP contribution in [-0.2, 0) is 0 Å². The number of hydrogen-bond donors (Lipinski definition) is 0. The van der Waals surface area contributed by atoms with Crippen LogP contribution in [0.3, 0.4) is 0 Å². The maximum absolute atomic E-state index is 2.72. The highest BCUT2D eigenvalue weighted by atomic mass is 15.2. The number of hydrogen-bond acceptors (Lipinski definition) is 2. The molecule has 1 radical (unpaired) electrons. The Hall–Kier alpha value is -0.0800. The second kappa shape index (κ2) is 5.50. The average molecular weight is 223 g/mol. The Labute approximate surface area is 101 Å². The molecule has 2 heteroatoms. The van der Waals surface area contributed by atoms with Crippen molar-refractivity contribution >= 4 is 0 Å². The van der Waals surface area contributed by atoms with Crippen molar-refractivity contribution in [2.75, 3.05) is 26.7 Å². The van der Waals surface area contributed by atoms with Crippen molar-refractivity contribution in [2.45, 2.75) is 51.6 Å². The molecule has 2 rings (SSSR count). The molecule has 0 aliphatic carbocycles. The zero-order chi connectivity index (χ0) is 11.5. The van der Waals surface area contributed by atoms with E-state index in [-0.39, 0.29) is 0 Å². The molecule has 93 valence electrons. The van der Waals surface area contributed by atoms with Crippen LogP contribution in [0.1, 0.15) is 39.5 Å². The molecule has 2 aliphatic heterocycles. The highest BCUT2D eigenvalue weighted by Gasteiger charge is 2.33. The minimum absolute atomic E-state index is 0.703. The van der Waals surface area contributed by atoms with Crippen LogP contribution in [0.2, 0.25) is 0 Å². The first kappa shape index (κ1) is 12.4. The first-order valence-corrected chi connectivity index (χ1v) is 6.96. The Balaban J connectivity index is 1.98. The molecular weight excluding hydrogens is 196 g/mol. The van der Waals surface area contributed by atoms with Crippen molar-refractivity contribution in [3.05, 3.63) is 6.42 Å². The fraction of sp³-hybridized carbons (Fsp3) is 0.929. The first-order valence-electron chi connectivity index (χ1n) is 6.96. The van der Waals surface area contributed by atoms with Crippen molar-refractivity contribution in [1.29, 1.82) is 0 Å². The zero-order valence-electron chi connectivity index (χ0n) is 11.2. The molecule has 0 saturated carbocycles. The summed E-state index contributed by atoms with van der Waals surface area (Å²) in [7, 11) is 2.27. The van der Waals surface area contributed by atoms with Crippen molar-refractivity contribution in [2.24, 2.45) is 5.92 Å². The summed E-state index contributed by atoms with van der Waals surface area (Å²) in [6.45, 7) is 8.59. The first-order chi connectivity index (χ1) is 7.68. The molecule has 2 nitrogen and oxygen atoms in total. The van der Waals surface area contributed by atoms with Crippen LogP contribution in [0.5, 0.6) is 0 Å². The SMILES string of the molecule is CC(C)N1CCC[CH]C1C1CCCN(C)C1. The van der Waals surface area contributed by atoms with Crippen LogP contribution in [0, 0.1) is 12.3 Å². The van der Waals surface area contributed by atoms with E-state index < -0.39 is 0 Å². The van der Waals surface area contributed by atoms with Gasteiger partial charge in [0.2, 0.25) is 0 Å². The molecule has 2 heterocycles. The van der Waals surface area contributed by atoms with Crippen molar-refractivity contribution in [3.8, 4) is 0 Å². The smallest absolute Gasteiger partial charge is 0.0170 e. The van der Waals surface area contributed by atoms with E-state index in [1.165, 1.54) is 45.3 Å². The minimum Gasteiger partial charge on any atom is -0.306 e. The number of rotatable bonds is 2. The number of nitrogens with zero attached hydrogens (tertiary/aromatic N) is 2. The molecule has 0 N–H and O–H groups in total. The van der Waals surface area contributed by atoms with Crippen LogP contribution in [0.4, 0.5) is 0 Å². The largest absolute Gasteiger partial charge is 0.306 e. The van der Waals surface area contributed by atoms with Crippen LogP contribution in [0.15, 0.2) is 0 Å². The van der Waals surface area contributed by atoms with Crippen LogP contribution >= 0.6 is 0 Å². The standard InChI is InChI=1S/C14H27N2/c1-12(2)16-10-5-4-8-14(16)13-7-6-9-15(3)11-13/h8,12-14H,4-7,9-11H2,1-3H3. The number of likely N-dealkylation sites (tertiary alicyclic amines) is 2. The molecule has 0 amide bonds. The highest BCUT2D eigenvalue weighted by molar-refractivity contribution is 4.97. The molecule has 2 unspecified atom stereocenters. The van der Waals surface area contributed by atoms with Gasteiger partial charge in [-0.1, -0.05) is 0 Å². The van der Waals surface area contributed by atoms with E-state index >= 15 is 0 Å². The average Bonchev–Trinajstić information content (AvgIpc) is 2.29. The monoisotopic (exact) mass is 223 g/mol. The van der Waals surface area contributed by atoms with Gasteiger partial charge in [-0.15, -0.1) is 0 Å². The third-order valence-electron chi connectivity index (χ3n) is 4.22. The lowest BCUT2D eigenvalue weighted by Gasteiger charge is -2.45. The second-order valence-corrected chi connectivity index (χ2v) is 5.86. The van der Waals surface area contributed by atoms with E-state index in [1.54, 1.807) is 0 Å². The summed E-state index contributed by atoms with van der Waals surface area (Å²) in [6.07, 6.45) is 8.09. The van der Waals surface area contributed by atoms with E-state index in [0.717, 1.165) is 12.0 Å². The Morgan fingerprint density at radius 2 is 2.00 bits per heavy atom. The molecule has 0 aromatic rings. The summed E-state index contributed by atoms with van der Waals surface area (Å²) in [5.74, 6) is 0.876. The minimum atomic E-state index is 0.703. The normalized spacial score (nSPS) is 34.5. The van der Waals surface area contributed by atoms with Crippen molar-refractivity contribution in [1.82, 2.24) is 9.80 Å². The zero-order valence-corrected chi connectivity index (χ0v) is 11.2. The van der Waals surface area contributed by atoms with Gasteiger partial charge < -0.3 is 4.90 Å². The third-order valence-corrected chi connectivity index (χ3v) is 4.22. The lowest BCUT2D eigenvalue weighted by atomic mass is 9.84. The van der Waals surface area contributed by atoms with Gasteiger partial charge in [-0.3, -0.25) is 4.90 Å². The molecule has 0 spiro atoms. The Kier molecular flexibility index (Phi) is 4.26. The lowest BCUT2D eigenvalue weighted by Crippen LogP contribution is -2.51. The molecule has 0 aromatic carbocycles. The summed E-state index contributed by atoms with van der Waals surface area (Å²) in [6, 6.07) is 1.45. The van der Waals surface area contributed by atoms with Crippen LogP contribution in [-0.4, -0.2) is 48.6 Å². The van der Waals surface area contributed by atoms with E-state index in [2.05, 4.69) is 37.1 Å². The fourth-order valence-corrected chi connectivity index (χ4v) is 3.40. The van der Waals surface area contributed by atoms with E-state index in [0.29, 0.717) is 6.04 Å². The van der Waals surface area contributed by atoms with Gasteiger partial charge in [-0.25, -0.2) is 0 Å². The predicted octanol–water partition coefficient (Wildman–Crippen LogP) is 2.41. The fourth-order valence-electron chi connectivity index (χ4n) is 3.40. The van der Waals surface area contributed by atoms with Crippen LogP contribution < -0.4 is 0 Å². The molecule has 2 aliphatic rings. The Morgan fingerprint density at radius 1 is 1.19 bits per heavy atom. The van der Waals surface area contributed by atoms with Gasteiger partial charge in [0.05, 0.1) is 0 Å². The molecular formula is C14H27N2. The van der Waals surface area contributed by atoms with Gasteiger partial charge in [-0.2, -0.15) is 0 Å². The summed E-state index contributed by atoms with van der Waals surface area (Å²) in [4.78, 5) is 5.22. The van der Waals surface area contributed by atoms with Gasteiger partial charge in [-0.05, 0) is 72.0 Å². The summed E-state index contributed by atoms with van der Waals surface area (Å²) >= 11 is 0. The van der Waals surface area contributed by atoms with Crippen LogP contribution in [0.25, 0.3) is 0 Å². The van der Waals surface area contributed by atoms with E-state index in [9.17, 15) is 0 Å². The summed E-state index contributed by atoms with van der Waals surface area (Å²) in [5.41, 5.74) is 0. The third kappa shape index (κ3) is 2.78. The van der Waals surface area contributed by atoms with Gasteiger partial charge >= 0.3 is 0 Å².